The molecule has 0 saturated heterocycles. The highest BCUT2D eigenvalue weighted by molar-refractivity contribution is 7.25. The van der Waals surface area contributed by atoms with E-state index in [1.165, 1.54) is 108 Å². The van der Waals surface area contributed by atoms with Crippen LogP contribution in [0.3, 0.4) is 0 Å². The van der Waals surface area contributed by atoms with Gasteiger partial charge in [-0.2, -0.15) is 0 Å². The number of thiophene rings is 1. The molecule has 1 aromatic heterocycles. The molecule has 0 bridgehead atoms. The Labute approximate surface area is 307 Å². The summed E-state index contributed by atoms with van der Waals surface area (Å²) in [4.78, 5) is 0. The lowest BCUT2D eigenvalue weighted by atomic mass is 9.81. The molecule has 11 rings (SSSR count). The lowest BCUT2D eigenvalue weighted by Gasteiger charge is -2.22. The summed E-state index contributed by atoms with van der Waals surface area (Å²) in [5.74, 6) is 0. The molecular weight excluding hydrogens is 645 g/mol. The van der Waals surface area contributed by atoms with Crippen molar-refractivity contribution in [1.82, 2.24) is 0 Å². The predicted molar refractivity (Wildman–Crippen MR) is 226 cm³/mol. The van der Waals surface area contributed by atoms with E-state index in [-0.39, 0.29) is 5.41 Å². The molecule has 244 valence electrons. The third-order valence-electron chi connectivity index (χ3n) is 11.6. The second-order valence-corrected chi connectivity index (χ2v) is 15.9. The van der Waals surface area contributed by atoms with Gasteiger partial charge in [0.05, 0.1) is 0 Å². The number of hydrogen-bond donors (Lipinski definition) is 0. The predicted octanol–water partition coefficient (Wildman–Crippen LogP) is 14.8. The molecule has 9 aromatic carbocycles. The van der Waals surface area contributed by atoms with Crippen LogP contribution in [-0.4, -0.2) is 0 Å². The molecule has 0 saturated carbocycles. The Kier molecular flexibility index (Phi) is 6.27. The molecule has 0 nitrogen and oxygen atoms in total. The van der Waals surface area contributed by atoms with Gasteiger partial charge in [-0.3, -0.25) is 0 Å². The smallest absolute Gasteiger partial charge is 0.0358 e. The van der Waals surface area contributed by atoms with Crippen molar-refractivity contribution in [2.24, 2.45) is 0 Å². The zero-order chi connectivity index (χ0) is 34.6. The molecule has 10 aromatic rings. The van der Waals surface area contributed by atoms with Gasteiger partial charge < -0.3 is 0 Å². The zero-order valence-electron chi connectivity index (χ0n) is 29.1. The summed E-state index contributed by atoms with van der Waals surface area (Å²) in [6.07, 6.45) is 0. The Bertz CT molecular complexity index is 3040. The summed E-state index contributed by atoms with van der Waals surface area (Å²) < 4.78 is 2.73. The van der Waals surface area contributed by atoms with Crippen LogP contribution < -0.4 is 0 Å². The Hall–Kier alpha value is -6.02. The molecule has 1 heterocycles. The van der Waals surface area contributed by atoms with Gasteiger partial charge in [-0.1, -0.05) is 147 Å². The highest BCUT2D eigenvalue weighted by atomic mass is 32.1. The second kappa shape index (κ2) is 11.0. The number of benzene rings is 9. The minimum Gasteiger partial charge on any atom is -0.135 e. The van der Waals surface area contributed by atoms with Gasteiger partial charge in [-0.05, 0) is 124 Å². The topological polar surface area (TPSA) is 0 Å². The quantitative estimate of drug-likeness (QED) is 0.163. The molecule has 0 atom stereocenters. The fourth-order valence-corrected chi connectivity index (χ4v) is 10.2. The average molecular weight is 679 g/mol. The molecule has 0 radical (unpaired) electrons. The second-order valence-electron chi connectivity index (χ2n) is 14.9. The van der Waals surface area contributed by atoms with Crippen LogP contribution in [0.1, 0.15) is 25.0 Å². The van der Waals surface area contributed by atoms with Crippen LogP contribution in [0.2, 0.25) is 0 Å². The largest absolute Gasteiger partial charge is 0.135 e. The number of rotatable bonds is 3. The summed E-state index contributed by atoms with van der Waals surface area (Å²) in [7, 11) is 0. The summed E-state index contributed by atoms with van der Waals surface area (Å²) in [6.45, 7) is 4.78. The van der Waals surface area contributed by atoms with E-state index < -0.39 is 0 Å². The standard InChI is InChI=1S/C51H34S/c1-51(2)45-25-24-36(28-42(45)43-29-44-37-16-9-10-21-47(37)52-48(44)30-46(43)51)50-40-19-7-5-17-38(40)49(39-18-6-8-20-41(39)50)35-15-11-14-33(27-35)34-23-22-31-12-3-4-13-32(31)26-34/h3-30H,1-2H3. The minimum absolute atomic E-state index is 0.0718. The molecule has 0 unspecified atom stereocenters. The van der Waals surface area contributed by atoms with Gasteiger partial charge in [0.25, 0.3) is 0 Å². The van der Waals surface area contributed by atoms with Gasteiger partial charge in [0, 0.05) is 25.6 Å². The molecule has 0 aliphatic heterocycles. The Balaban J connectivity index is 1.13. The fourth-order valence-electron chi connectivity index (χ4n) is 9.10. The number of hydrogen-bond acceptors (Lipinski definition) is 1. The summed E-state index contributed by atoms with van der Waals surface area (Å²) in [6, 6.07) is 63.6. The van der Waals surface area contributed by atoms with E-state index in [4.69, 9.17) is 0 Å². The lowest BCUT2D eigenvalue weighted by molar-refractivity contribution is 0.661. The number of fused-ring (bicyclic) bond motifs is 9. The fraction of sp³-hybridized carbons (Fsp3) is 0.0588. The van der Waals surface area contributed by atoms with Crippen LogP contribution in [-0.2, 0) is 5.41 Å². The summed E-state index contributed by atoms with van der Waals surface area (Å²) in [5.41, 5.74) is 13.0. The molecule has 1 heteroatoms. The van der Waals surface area contributed by atoms with Crippen molar-refractivity contribution in [3.63, 3.8) is 0 Å². The van der Waals surface area contributed by atoms with Crippen molar-refractivity contribution in [1.29, 1.82) is 0 Å². The first-order chi connectivity index (χ1) is 25.5. The van der Waals surface area contributed by atoms with Gasteiger partial charge in [0.1, 0.15) is 0 Å². The van der Waals surface area contributed by atoms with Gasteiger partial charge in [-0.15, -0.1) is 11.3 Å². The molecular formula is C51H34S. The van der Waals surface area contributed by atoms with Gasteiger partial charge >= 0.3 is 0 Å². The van der Waals surface area contributed by atoms with Crippen LogP contribution in [0.4, 0.5) is 0 Å². The van der Waals surface area contributed by atoms with Crippen LogP contribution in [0, 0.1) is 0 Å². The van der Waals surface area contributed by atoms with Crippen LogP contribution in [0.15, 0.2) is 170 Å². The highest BCUT2D eigenvalue weighted by Gasteiger charge is 2.36. The first-order valence-corrected chi connectivity index (χ1v) is 19.0. The van der Waals surface area contributed by atoms with E-state index in [2.05, 4.69) is 184 Å². The van der Waals surface area contributed by atoms with Crippen LogP contribution in [0.5, 0.6) is 0 Å². The third-order valence-corrected chi connectivity index (χ3v) is 12.8. The minimum atomic E-state index is -0.0718. The maximum atomic E-state index is 2.48. The maximum absolute atomic E-state index is 2.48. The van der Waals surface area contributed by atoms with E-state index >= 15 is 0 Å². The molecule has 52 heavy (non-hydrogen) atoms. The molecule has 0 spiro atoms. The molecule has 0 fully saturated rings. The summed E-state index contributed by atoms with van der Waals surface area (Å²) in [5, 5.41) is 10.4. The van der Waals surface area contributed by atoms with Crippen molar-refractivity contribution in [3.05, 3.63) is 181 Å². The zero-order valence-corrected chi connectivity index (χ0v) is 29.9. The average Bonchev–Trinajstić information content (AvgIpc) is 3.66. The van der Waals surface area contributed by atoms with E-state index in [1.54, 1.807) is 0 Å². The van der Waals surface area contributed by atoms with E-state index in [0.717, 1.165) is 0 Å². The van der Waals surface area contributed by atoms with Crippen molar-refractivity contribution in [3.8, 4) is 44.5 Å². The molecule has 1 aliphatic rings. The Morgan fingerprint density at radius 1 is 0.346 bits per heavy atom. The maximum Gasteiger partial charge on any atom is 0.0358 e. The van der Waals surface area contributed by atoms with E-state index in [0.29, 0.717) is 0 Å². The highest BCUT2D eigenvalue weighted by Crippen LogP contribution is 2.53. The molecule has 1 aliphatic carbocycles. The van der Waals surface area contributed by atoms with Gasteiger partial charge in [0.15, 0.2) is 0 Å². The Morgan fingerprint density at radius 2 is 0.904 bits per heavy atom. The van der Waals surface area contributed by atoms with Crippen molar-refractivity contribution < 1.29 is 0 Å². The van der Waals surface area contributed by atoms with Crippen LogP contribution in [0.25, 0.3) is 97.0 Å². The monoisotopic (exact) mass is 678 g/mol. The third kappa shape index (κ3) is 4.27. The Morgan fingerprint density at radius 3 is 1.63 bits per heavy atom. The van der Waals surface area contributed by atoms with Crippen molar-refractivity contribution in [2.45, 2.75) is 19.3 Å². The van der Waals surface area contributed by atoms with Crippen molar-refractivity contribution in [2.75, 3.05) is 0 Å². The van der Waals surface area contributed by atoms with Gasteiger partial charge in [-0.25, -0.2) is 0 Å². The molecule has 0 amide bonds. The van der Waals surface area contributed by atoms with Gasteiger partial charge in [0.2, 0.25) is 0 Å². The van der Waals surface area contributed by atoms with E-state index in [1.807, 2.05) is 11.3 Å². The van der Waals surface area contributed by atoms with Crippen molar-refractivity contribution >= 4 is 63.8 Å². The normalized spacial score (nSPS) is 13.3. The SMILES string of the molecule is CC1(C)c2ccc(-c3c4ccccc4c(-c4cccc(-c5ccc6ccccc6c5)c4)c4ccccc34)cc2-c2cc3c(cc21)sc1ccccc13. The molecule has 0 N–H and O–H groups in total. The first-order valence-electron chi connectivity index (χ1n) is 18.2. The van der Waals surface area contributed by atoms with E-state index in [9.17, 15) is 0 Å². The summed E-state index contributed by atoms with van der Waals surface area (Å²) >= 11 is 1.91. The lowest BCUT2D eigenvalue weighted by Crippen LogP contribution is -2.14. The first kappa shape index (κ1) is 29.7. The van der Waals surface area contributed by atoms with Crippen LogP contribution >= 0.6 is 11.3 Å².